The van der Waals surface area contributed by atoms with Crippen LogP contribution in [0.3, 0.4) is 0 Å². The van der Waals surface area contributed by atoms with E-state index in [0.717, 1.165) is 40.9 Å². The van der Waals surface area contributed by atoms with E-state index in [-0.39, 0.29) is 30.5 Å². The number of alkyl halides is 3. The Balaban J connectivity index is 0.807. The van der Waals surface area contributed by atoms with Gasteiger partial charge in [0, 0.05) is 89.0 Å². The van der Waals surface area contributed by atoms with Gasteiger partial charge in [-0.25, -0.2) is 22.7 Å². The lowest BCUT2D eigenvalue weighted by Gasteiger charge is -2.46. The van der Waals surface area contributed by atoms with Gasteiger partial charge in [-0.05, 0) is 60.1 Å². The number of imidazole rings is 1. The molecule has 3 unspecified atom stereocenters. The molecule has 3 amide bonds. The first-order chi connectivity index (χ1) is 28.4. The minimum atomic E-state index is -2.87. The van der Waals surface area contributed by atoms with Crippen LogP contribution < -0.4 is 20.9 Å². The fraction of sp³-hybridized carbons (Fsp3) is 0.500. The van der Waals surface area contributed by atoms with Crippen molar-refractivity contribution in [3.63, 3.8) is 0 Å². The van der Waals surface area contributed by atoms with Crippen molar-refractivity contribution in [3.05, 3.63) is 81.6 Å². The zero-order valence-electron chi connectivity index (χ0n) is 32.9. The third-order valence-electron chi connectivity index (χ3n) is 12.7. The van der Waals surface area contributed by atoms with Crippen LogP contribution >= 0.6 is 11.6 Å². The van der Waals surface area contributed by atoms with Crippen LogP contribution in [0.2, 0.25) is 5.02 Å². The van der Waals surface area contributed by atoms with Crippen LogP contribution in [0.25, 0.3) is 5.65 Å². The lowest BCUT2D eigenvalue weighted by Crippen LogP contribution is -2.61. The SMILES string of the molecule is CNc1cc(N2CCc3c(CN4CC[C@H](N5CCN(CCc6ccc(Cl)c(C7CCC(=O)NC7=O)c6)CC5)C(F)(F)C4)cccc32)nn2c(C(=O)NC3CC3F)cnc12. The van der Waals surface area contributed by atoms with Gasteiger partial charge < -0.3 is 20.4 Å². The number of nitrogens with one attached hydrogen (secondary N) is 3. The maximum absolute atomic E-state index is 16.0. The summed E-state index contributed by atoms with van der Waals surface area (Å²) in [7, 11) is 1.77. The number of fused-ring (bicyclic) bond motifs is 2. The summed E-state index contributed by atoms with van der Waals surface area (Å²) in [6.07, 6.45) is 3.27. The predicted molar refractivity (Wildman–Crippen MR) is 217 cm³/mol. The normalized spacial score (nSPS) is 24.9. The maximum Gasteiger partial charge on any atom is 0.275 e. The Morgan fingerprint density at radius 2 is 1.83 bits per heavy atom. The number of hydrogen-bond donors (Lipinski definition) is 3. The molecule has 3 N–H and O–H groups in total. The molecule has 2 aromatic heterocycles. The van der Waals surface area contributed by atoms with Crippen molar-refractivity contribution in [2.45, 2.75) is 75.2 Å². The molecule has 13 nitrogen and oxygen atoms in total. The van der Waals surface area contributed by atoms with Crippen molar-refractivity contribution in [2.24, 2.45) is 0 Å². The van der Waals surface area contributed by atoms with Crippen molar-refractivity contribution >= 4 is 52.2 Å². The molecule has 1 saturated carbocycles. The summed E-state index contributed by atoms with van der Waals surface area (Å²) in [5, 5.41) is 13.6. The van der Waals surface area contributed by atoms with E-state index >= 15 is 8.78 Å². The predicted octanol–water partition coefficient (Wildman–Crippen LogP) is 4.55. The van der Waals surface area contributed by atoms with Crippen LogP contribution in [0.15, 0.2) is 48.7 Å². The van der Waals surface area contributed by atoms with Gasteiger partial charge in [0.15, 0.2) is 17.2 Å². The zero-order chi connectivity index (χ0) is 41.0. The van der Waals surface area contributed by atoms with E-state index < -0.39 is 36.0 Å². The van der Waals surface area contributed by atoms with E-state index in [2.05, 4.69) is 30.7 Å². The zero-order valence-corrected chi connectivity index (χ0v) is 33.7. The Morgan fingerprint density at radius 3 is 2.58 bits per heavy atom. The molecule has 17 heteroatoms. The highest BCUT2D eigenvalue weighted by atomic mass is 35.5. The minimum absolute atomic E-state index is 0.217. The molecule has 3 saturated heterocycles. The van der Waals surface area contributed by atoms with Gasteiger partial charge in [-0.1, -0.05) is 35.9 Å². The number of benzene rings is 2. The number of carbonyl (C=O) groups excluding carboxylic acids is 3. The Hall–Kier alpha value is -4.77. The summed E-state index contributed by atoms with van der Waals surface area (Å²) in [4.78, 5) is 49.8. The summed E-state index contributed by atoms with van der Waals surface area (Å²) in [6, 6.07) is 12.3. The second-order valence-electron chi connectivity index (χ2n) is 16.5. The second kappa shape index (κ2) is 16.0. The average molecular weight is 833 g/mol. The quantitative estimate of drug-likeness (QED) is 0.185. The van der Waals surface area contributed by atoms with E-state index in [1.165, 1.54) is 10.7 Å². The monoisotopic (exact) mass is 832 g/mol. The first-order valence-electron chi connectivity index (χ1n) is 20.5. The van der Waals surface area contributed by atoms with Gasteiger partial charge in [-0.2, -0.15) is 0 Å². The topological polar surface area (TPSA) is 130 Å². The van der Waals surface area contributed by atoms with Gasteiger partial charge in [0.25, 0.3) is 11.8 Å². The number of likely N-dealkylation sites (tertiary alicyclic amines) is 1. The highest BCUT2D eigenvalue weighted by molar-refractivity contribution is 6.31. The van der Waals surface area contributed by atoms with Crippen LogP contribution in [-0.4, -0.2) is 131 Å². The van der Waals surface area contributed by atoms with Gasteiger partial charge in [0.1, 0.15) is 6.17 Å². The van der Waals surface area contributed by atoms with Crippen molar-refractivity contribution in [3.8, 4) is 0 Å². The van der Waals surface area contributed by atoms with Gasteiger partial charge in [0.05, 0.1) is 36.4 Å². The number of halogens is 4. The van der Waals surface area contributed by atoms with E-state index in [0.29, 0.717) is 93.7 Å². The molecule has 2 aromatic carbocycles. The minimum Gasteiger partial charge on any atom is -0.385 e. The fourth-order valence-corrected chi connectivity index (χ4v) is 9.54. The Bertz CT molecular complexity index is 2280. The molecule has 0 radical (unpaired) electrons. The number of carbonyl (C=O) groups is 3. The third kappa shape index (κ3) is 7.99. The average Bonchev–Trinajstić information content (AvgIpc) is 3.54. The second-order valence-corrected chi connectivity index (χ2v) is 16.9. The molecular weight excluding hydrogens is 785 g/mol. The maximum atomic E-state index is 16.0. The standard InChI is InChI=1S/C42H48ClF3N10O3/c1-47-33-21-37(51-56-35(22-48-39(33)56)41(59)49-32-20-31(32)44)55-14-10-27-26(3-2-4-34(27)55)23-53-13-11-36(42(45,46)24-53)54-17-15-52(16-18-54)12-9-25-5-7-30(43)29(19-25)28-6-8-38(57)50-40(28)58/h2-5,7,19,21-22,28,31-32,36,47H,6,8-18,20,23-24H2,1H3,(H,49,59)(H,50,57,58)/t28?,31?,32?,36-/m0/s1. The summed E-state index contributed by atoms with van der Waals surface area (Å²) >= 11 is 6.47. The lowest BCUT2D eigenvalue weighted by atomic mass is 9.89. The van der Waals surface area contributed by atoms with Crippen LogP contribution in [0.1, 0.15) is 64.3 Å². The summed E-state index contributed by atoms with van der Waals surface area (Å²) < 4.78 is 47.1. The summed E-state index contributed by atoms with van der Waals surface area (Å²) in [6.45, 7) is 4.61. The number of amides is 3. The number of aromatic nitrogens is 3. The summed E-state index contributed by atoms with van der Waals surface area (Å²) in [5.74, 6) is -3.73. The molecule has 4 aliphatic heterocycles. The van der Waals surface area contributed by atoms with Crippen LogP contribution in [0, 0.1) is 0 Å². The molecule has 4 fully saturated rings. The number of piperidine rings is 2. The molecule has 6 heterocycles. The highest BCUT2D eigenvalue weighted by Crippen LogP contribution is 2.39. The van der Waals surface area contributed by atoms with E-state index in [4.69, 9.17) is 16.7 Å². The highest BCUT2D eigenvalue weighted by Gasteiger charge is 2.48. The van der Waals surface area contributed by atoms with E-state index in [1.54, 1.807) is 7.05 Å². The van der Waals surface area contributed by atoms with Gasteiger partial charge >= 0.3 is 0 Å². The molecule has 1 aliphatic carbocycles. The number of rotatable bonds is 11. The number of anilines is 3. The Labute approximate surface area is 345 Å². The van der Waals surface area contributed by atoms with Crippen LogP contribution in [0.5, 0.6) is 0 Å². The largest absolute Gasteiger partial charge is 0.385 e. The number of hydrogen-bond acceptors (Lipinski definition) is 10. The number of imide groups is 1. The van der Waals surface area contributed by atoms with Gasteiger partial charge in [0.2, 0.25) is 11.8 Å². The van der Waals surface area contributed by atoms with Gasteiger partial charge in [-0.3, -0.25) is 29.5 Å². The van der Waals surface area contributed by atoms with Crippen molar-refractivity contribution in [2.75, 3.05) is 69.6 Å². The molecule has 5 aliphatic rings. The lowest BCUT2D eigenvalue weighted by molar-refractivity contribution is -0.135. The molecule has 312 valence electrons. The molecule has 4 aromatic rings. The van der Waals surface area contributed by atoms with Gasteiger partial charge in [-0.15, -0.1) is 5.10 Å². The molecule has 9 rings (SSSR count). The number of piperazine rings is 1. The Kier molecular flexibility index (Phi) is 10.8. The fourth-order valence-electron chi connectivity index (χ4n) is 9.29. The molecule has 4 atom stereocenters. The molecule has 59 heavy (non-hydrogen) atoms. The van der Waals surface area contributed by atoms with Crippen LogP contribution in [-0.2, 0) is 29.0 Å². The summed E-state index contributed by atoms with van der Waals surface area (Å²) in [5.41, 5.74) is 6.22. The first-order valence-corrected chi connectivity index (χ1v) is 20.9. The van der Waals surface area contributed by atoms with Crippen molar-refractivity contribution in [1.29, 1.82) is 0 Å². The van der Waals surface area contributed by atoms with Crippen molar-refractivity contribution in [1.82, 2.24) is 39.9 Å². The molecular formula is C42H48ClF3N10O3. The van der Waals surface area contributed by atoms with E-state index in [9.17, 15) is 18.8 Å². The molecule has 0 spiro atoms. The Morgan fingerprint density at radius 1 is 1.02 bits per heavy atom. The third-order valence-corrected chi connectivity index (χ3v) is 13.0. The first kappa shape index (κ1) is 39.7. The number of nitrogens with zero attached hydrogens (tertiary/aromatic N) is 7. The van der Waals surface area contributed by atoms with Crippen molar-refractivity contribution < 1.29 is 27.6 Å². The van der Waals surface area contributed by atoms with E-state index in [1.807, 2.05) is 52.3 Å². The molecule has 0 bridgehead atoms. The smallest absolute Gasteiger partial charge is 0.275 e. The van der Waals surface area contributed by atoms with Crippen LogP contribution in [0.4, 0.5) is 30.4 Å².